The van der Waals surface area contributed by atoms with Gasteiger partial charge in [-0.15, -0.1) is 0 Å². The Morgan fingerprint density at radius 3 is 2.19 bits per heavy atom. The minimum atomic E-state index is 0.302. The van der Waals surface area contributed by atoms with Gasteiger partial charge in [-0.25, -0.2) is 0 Å². The molecule has 1 aromatic rings. The first-order valence-electron chi connectivity index (χ1n) is 9.16. The van der Waals surface area contributed by atoms with E-state index in [1.165, 1.54) is 0 Å². The summed E-state index contributed by atoms with van der Waals surface area (Å²) < 4.78 is 10.8. The van der Waals surface area contributed by atoms with Crippen molar-refractivity contribution in [1.82, 2.24) is 20.0 Å². The van der Waals surface area contributed by atoms with Crippen LogP contribution in [0.4, 0.5) is 0 Å². The van der Waals surface area contributed by atoms with Crippen molar-refractivity contribution in [1.29, 1.82) is 0 Å². The third-order valence-electron chi connectivity index (χ3n) is 4.23. The SMILES string of the molecule is CN(C)CCCN(CCCN(C)C)C(=S)NCc1ccc2c(c1)OCO2. The molecule has 2 rings (SSSR count). The highest BCUT2D eigenvalue weighted by Crippen LogP contribution is 2.32. The van der Waals surface area contributed by atoms with Crippen LogP contribution in [0, 0.1) is 0 Å². The molecular weight excluding hydrogens is 348 g/mol. The number of thiocarbonyl (C=S) groups is 1. The average Bonchev–Trinajstić information content (AvgIpc) is 3.05. The van der Waals surface area contributed by atoms with Crippen LogP contribution >= 0.6 is 12.2 Å². The van der Waals surface area contributed by atoms with Crippen LogP contribution < -0.4 is 14.8 Å². The van der Waals surface area contributed by atoms with E-state index in [0.29, 0.717) is 13.3 Å². The number of ether oxygens (including phenoxy) is 2. The smallest absolute Gasteiger partial charge is 0.231 e. The zero-order chi connectivity index (χ0) is 18.9. The van der Waals surface area contributed by atoms with Crippen molar-refractivity contribution >= 4 is 17.3 Å². The lowest BCUT2D eigenvalue weighted by atomic mass is 10.2. The van der Waals surface area contributed by atoms with Gasteiger partial charge in [-0.2, -0.15) is 0 Å². The monoisotopic (exact) mass is 380 g/mol. The van der Waals surface area contributed by atoms with Gasteiger partial charge < -0.3 is 29.5 Å². The first-order chi connectivity index (χ1) is 12.5. The van der Waals surface area contributed by atoms with Crippen molar-refractivity contribution in [2.24, 2.45) is 0 Å². The number of hydrogen-bond acceptors (Lipinski definition) is 5. The van der Waals surface area contributed by atoms with Gasteiger partial charge in [0, 0.05) is 19.6 Å². The minimum absolute atomic E-state index is 0.302. The normalized spacial score (nSPS) is 12.7. The van der Waals surface area contributed by atoms with Crippen LogP contribution in [-0.2, 0) is 6.54 Å². The molecule has 0 spiro atoms. The van der Waals surface area contributed by atoms with Gasteiger partial charge in [0.1, 0.15) is 0 Å². The number of fused-ring (bicyclic) bond motifs is 1. The first-order valence-corrected chi connectivity index (χ1v) is 9.57. The molecule has 0 amide bonds. The highest BCUT2D eigenvalue weighted by atomic mass is 32.1. The van der Waals surface area contributed by atoms with Crippen LogP contribution in [-0.4, -0.2) is 81.0 Å². The van der Waals surface area contributed by atoms with E-state index in [0.717, 1.165) is 61.2 Å². The maximum Gasteiger partial charge on any atom is 0.231 e. The van der Waals surface area contributed by atoms with Crippen molar-refractivity contribution in [2.75, 3.05) is 61.2 Å². The molecule has 26 heavy (non-hydrogen) atoms. The third-order valence-corrected chi connectivity index (χ3v) is 4.64. The summed E-state index contributed by atoms with van der Waals surface area (Å²) in [7, 11) is 8.42. The molecule has 0 saturated heterocycles. The fraction of sp³-hybridized carbons (Fsp3) is 0.632. The molecule has 1 aliphatic rings. The van der Waals surface area contributed by atoms with E-state index in [9.17, 15) is 0 Å². The molecule has 0 unspecified atom stereocenters. The number of rotatable bonds is 10. The van der Waals surface area contributed by atoms with E-state index in [1.807, 2.05) is 18.2 Å². The number of nitrogens with one attached hydrogen (secondary N) is 1. The Morgan fingerprint density at radius 1 is 0.962 bits per heavy atom. The van der Waals surface area contributed by atoms with Crippen LogP contribution in [0.2, 0.25) is 0 Å². The Hall–Kier alpha value is -1.57. The number of hydrogen-bond donors (Lipinski definition) is 1. The molecule has 1 aromatic carbocycles. The van der Waals surface area contributed by atoms with Crippen molar-refractivity contribution in [2.45, 2.75) is 19.4 Å². The van der Waals surface area contributed by atoms with Crippen LogP contribution in [0.15, 0.2) is 18.2 Å². The summed E-state index contributed by atoms with van der Waals surface area (Å²) in [5.74, 6) is 1.62. The van der Waals surface area contributed by atoms with Gasteiger partial charge in [0.25, 0.3) is 0 Å². The van der Waals surface area contributed by atoms with Gasteiger partial charge >= 0.3 is 0 Å². The Labute approximate surface area is 163 Å². The summed E-state index contributed by atoms with van der Waals surface area (Å²) >= 11 is 5.66. The lowest BCUT2D eigenvalue weighted by Crippen LogP contribution is -2.41. The van der Waals surface area contributed by atoms with E-state index in [-0.39, 0.29) is 0 Å². The predicted molar refractivity (Wildman–Crippen MR) is 110 cm³/mol. The molecular formula is C19H32N4O2S. The van der Waals surface area contributed by atoms with E-state index < -0.39 is 0 Å². The maximum atomic E-state index is 5.66. The molecule has 1 N–H and O–H groups in total. The summed E-state index contributed by atoms with van der Waals surface area (Å²) in [5.41, 5.74) is 1.14. The molecule has 6 nitrogen and oxygen atoms in total. The molecule has 146 valence electrons. The fourth-order valence-electron chi connectivity index (χ4n) is 2.81. The van der Waals surface area contributed by atoms with Gasteiger partial charge in [-0.05, 0) is 84.0 Å². The first kappa shape index (κ1) is 20.7. The maximum absolute atomic E-state index is 5.66. The Balaban J connectivity index is 1.84. The summed E-state index contributed by atoms with van der Waals surface area (Å²) in [6.07, 6.45) is 2.20. The molecule has 0 fully saturated rings. The van der Waals surface area contributed by atoms with Crippen LogP contribution in [0.1, 0.15) is 18.4 Å². The summed E-state index contributed by atoms with van der Waals surface area (Å²) in [6, 6.07) is 6.01. The van der Waals surface area contributed by atoms with Crippen molar-refractivity contribution in [3.8, 4) is 11.5 Å². The van der Waals surface area contributed by atoms with Gasteiger partial charge in [0.2, 0.25) is 6.79 Å². The van der Waals surface area contributed by atoms with Gasteiger partial charge in [-0.3, -0.25) is 0 Å². The molecule has 1 heterocycles. The quantitative estimate of drug-likeness (QED) is 0.623. The van der Waals surface area contributed by atoms with Gasteiger partial charge in [0.05, 0.1) is 0 Å². The van der Waals surface area contributed by atoms with Crippen LogP contribution in [0.25, 0.3) is 0 Å². The zero-order valence-corrected chi connectivity index (χ0v) is 17.3. The molecule has 0 bridgehead atoms. The number of nitrogens with zero attached hydrogens (tertiary/aromatic N) is 3. The van der Waals surface area contributed by atoms with E-state index in [1.54, 1.807) is 0 Å². The molecule has 0 saturated carbocycles. The summed E-state index contributed by atoms with van der Waals surface area (Å²) in [4.78, 5) is 6.71. The van der Waals surface area contributed by atoms with E-state index in [4.69, 9.17) is 21.7 Å². The summed E-state index contributed by atoms with van der Waals surface area (Å²) in [6.45, 7) is 5.06. The molecule has 0 radical (unpaired) electrons. The highest BCUT2D eigenvalue weighted by molar-refractivity contribution is 7.80. The predicted octanol–water partition coefficient (Wildman–Crippen LogP) is 2.00. The van der Waals surface area contributed by atoms with Gasteiger partial charge in [0.15, 0.2) is 16.6 Å². The minimum Gasteiger partial charge on any atom is -0.454 e. The largest absolute Gasteiger partial charge is 0.454 e. The molecule has 0 aliphatic carbocycles. The van der Waals surface area contributed by atoms with Crippen LogP contribution in [0.5, 0.6) is 11.5 Å². The molecule has 7 heteroatoms. The fourth-order valence-corrected chi connectivity index (χ4v) is 3.07. The van der Waals surface area contributed by atoms with Crippen LogP contribution in [0.3, 0.4) is 0 Å². The van der Waals surface area contributed by atoms with E-state index in [2.05, 4.69) is 48.2 Å². The molecule has 0 aromatic heterocycles. The average molecular weight is 381 g/mol. The van der Waals surface area contributed by atoms with E-state index >= 15 is 0 Å². The Bertz CT molecular complexity index is 567. The van der Waals surface area contributed by atoms with Crippen molar-refractivity contribution in [3.05, 3.63) is 23.8 Å². The summed E-state index contributed by atoms with van der Waals surface area (Å²) in [5, 5.41) is 4.22. The number of benzene rings is 1. The van der Waals surface area contributed by atoms with Crippen molar-refractivity contribution in [3.63, 3.8) is 0 Å². The second-order valence-corrected chi connectivity index (χ2v) is 7.53. The van der Waals surface area contributed by atoms with Crippen molar-refractivity contribution < 1.29 is 9.47 Å². The topological polar surface area (TPSA) is 40.2 Å². The third kappa shape index (κ3) is 6.97. The Morgan fingerprint density at radius 2 is 1.58 bits per heavy atom. The van der Waals surface area contributed by atoms with Gasteiger partial charge in [-0.1, -0.05) is 6.07 Å². The molecule has 1 aliphatic heterocycles. The molecule has 0 atom stereocenters. The lowest BCUT2D eigenvalue weighted by molar-refractivity contribution is 0.174. The standard InChI is InChI=1S/C19H32N4O2S/c1-21(2)9-5-11-23(12-6-10-22(3)4)19(26)20-14-16-7-8-17-18(13-16)25-15-24-17/h7-8,13H,5-6,9-12,14-15H2,1-4H3,(H,20,26). The second-order valence-electron chi connectivity index (χ2n) is 7.15. The zero-order valence-electron chi connectivity index (χ0n) is 16.5. The second kappa shape index (κ2) is 10.5. The Kier molecular flexibility index (Phi) is 8.41. The highest BCUT2D eigenvalue weighted by Gasteiger charge is 2.14. The lowest BCUT2D eigenvalue weighted by Gasteiger charge is -2.27.